The Bertz CT molecular complexity index is 619. The number of H-pyrrole nitrogens is 1. The highest BCUT2D eigenvalue weighted by molar-refractivity contribution is 5.30. The van der Waals surface area contributed by atoms with Crippen molar-refractivity contribution in [3.05, 3.63) is 52.6 Å². The molecule has 2 heterocycles. The molecule has 1 saturated heterocycles. The summed E-state index contributed by atoms with van der Waals surface area (Å²) in [6.07, 6.45) is 3.72. The lowest BCUT2D eigenvalue weighted by atomic mass is 10.0. The summed E-state index contributed by atoms with van der Waals surface area (Å²) >= 11 is 0. The van der Waals surface area contributed by atoms with Crippen LogP contribution in [0.4, 0.5) is 5.82 Å². The number of aromatic amines is 1. The minimum absolute atomic E-state index is 0.376. The Morgan fingerprint density at radius 1 is 1.24 bits per heavy atom. The quantitative estimate of drug-likeness (QED) is 0.729. The molecule has 6 nitrogen and oxygen atoms in total. The van der Waals surface area contributed by atoms with E-state index in [2.05, 4.69) is 50.8 Å². The zero-order valence-electron chi connectivity index (χ0n) is 11.9. The number of hydrogen-bond donors (Lipinski definition) is 3. The zero-order chi connectivity index (χ0) is 14.5. The van der Waals surface area contributed by atoms with Gasteiger partial charge in [-0.15, -0.1) is 0 Å². The fourth-order valence-electron chi connectivity index (χ4n) is 2.82. The van der Waals surface area contributed by atoms with Crippen LogP contribution in [-0.4, -0.2) is 34.3 Å². The van der Waals surface area contributed by atoms with Crippen LogP contribution in [0.2, 0.25) is 0 Å². The van der Waals surface area contributed by atoms with Crippen molar-refractivity contribution in [1.82, 2.24) is 15.2 Å². The predicted octanol–water partition coefficient (Wildman–Crippen LogP) is -0.176. The predicted molar refractivity (Wildman–Crippen MR) is 80.1 cm³/mol. The molecule has 21 heavy (non-hydrogen) atoms. The van der Waals surface area contributed by atoms with E-state index in [1.54, 1.807) is 11.1 Å². The van der Waals surface area contributed by atoms with E-state index >= 15 is 0 Å². The Morgan fingerprint density at radius 3 is 2.71 bits per heavy atom. The van der Waals surface area contributed by atoms with Crippen LogP contribution in [0.5, 0.6) is 0 Å². The summed E-state index contributed by atoms with van der Waals surface area (Å²) in [6.45, 7) is 3.34. The Kier molecular flexibility index (Phi) is 4.25. The lowest BCUT2D eigenvalue weighted by Crippen LogP contribution is -3.12. The van der Waals surface area contributed by atoms with Crippen LogP contribution >= 0.6 is 0 Å². The maximum atomic E-state index is 11.1. The van der Waals surface area contributed by atoms with E-state index in [9.17, 15) is 4.79 Å². The first-order valence-corrected chi connectivity index (χ1v) is 7.35. The molecule has 2 aromatic rings. The van der Waals surface area contributed by atoms with Crippen molar-refractivity contribution >= 4 is 5.82 Å². The van der Waals surface area contributed by atoms with Crippen molar-refractivity contribution in [2.24, 2.45) is 0 Å². The molecule has 1 aromatic heterocycles. The molecule has 0 unspecified atom stereocenters. The van der Waals surface area contributed by atoms with Crippen LogP contribution in [0.15, 0.2) is 41.3 Å². The van der Waals surface area contributed by atoms with Gasteiger partial charge >= 0.3 is 5.69 Å². The molecule has 0 amide bonds. The van der Waals surface area contributed by atoms with Crippen molar-refractivity contribution < 1.29 is 4.90 Å². The molecule has 1 aliphatic heterocycles. The van der Waals surface area contributed by atoms with Crippen molar-refractivity contribution in [2.45, 2.75) is 25.4 Å². The molecule has 0 spiro atoms. The van der Waals surface area contributed by atoms with Gasteiger partial charge in [0, 0.05) is 24.4 Å². The molecule has 0 saturated carbocycles. The largest absolute Gasteiger partial charge is 0.365 e. The van der Waals surface area contributed by atoms with Crippen LogP contribution in [0.25, 0.3) is 0 Å². The minimum atomic E-state index is -0.410. The summed E-state index contributed by atoms with van der Waals surface area (Å²) in [5.41, 5.74) is 0.978. The number of benzene rings is 1. The molecule has 0 aliphatic carbocycles. The van der Waals surface area contributed by atoms with E-state index in [1.165, 1.54) is 5.56 Å². The van der Waals surface area contributed by atoms with Gasteiger partial charge in [0.1, 0.15) is 6.54 Å². The van der Waals surface area contributed by atoms with Crippen LogP contribution < -0.4 is 15.9 Å². The third-order valence-corrected chi connectivity index (χ3v) is 3.91. The summed E-state index contributed by atoms with van der Waals surface area (Å²) < 4.78 is 0. The molecule has 110 valence electrons. The Balaban J connectivity index is 1.50. The van der Waals surface area contributed by atoms with Crippen molar-refractivity contribution in [3.8, 4) is 0 Å². The molecule has 0 bridgehead atoms. The lowest BCUT2D eigenvalue weighted by Gasteiger charge is -2.29. The summed E-state index contributed by atoms with van der Waals surface area (Å²) in [4.78, 5) is 16.6. The number of piperidine rings is 1. The van der Waals surface area contributed by atoms with Gasteiger partial charge in [0.25, 0.3) is 0 Å². The molecular formula is C15H20N5O+. The minimum Gasteiger partial charge on any atom is -0.365 e. The van der Waals surface area contributed by atoms with E-state index in [-0.39, 0.29) is 0 Å². The highest BCUT2D eigenvalue weighted by Crippen LogP contribution is 2.07. The first-order chi connectivity index (χ1) is 10.3. The van der Waals surface area contributed by atoms with Crippen LogP contribution in [0.3, 0.4) is 0 Å². The summed E-state index contributed by atoms with van der Waals surface area (Å²) in [7, 11) is 0. The van der Waals surface area contributed by atoms with Gasteiger partial charge in [-0.2, -0.15) is 10.1 Å². The number of quaternary nitrogens is 1. The topological polar surface area (TPSA) is 75.1 Å². The second-order valence-electron chi connectivity index (χ2n) is 5.50. The average molecular weight is 286 g/mol. The normalized spacial score (nSPS) is 21.9. The van der Waals surface area contributed by atoms with Crippen LogP contribution in [-0.2, 0) is 6.54 Å². The van der Waals surface area contributed by atoms with Gasteiger partial charge in [0.15, 0.2) is 5.82 Å². The van der Waals surface area contributed by atoms with E-state index in [1.807, 2.05) is 0 Å². The van der Waals surface area contributed by atoms with Gasteiger partial charge in [-0.05, 0) is 0 Å². The number of nitrogens with zero attached hydrogens (tertiary/aromatic N) is 2. The Hall–Kier alpha value is -2.21. The molecule has 1 aromatic carbocycles. The second-order valence-corrected chi connectivity index (χ2v) is 5.50. The first kappa shape index (κ1) is 13.8. The standard InChI is InChI=1S/C15H19N5O/c21-15-18-14(10-16-19-15)17-13-6-8-20(9-7-13)11-12-4-2-1-3-5-12/h1-5,10,13H,6-9,11H2,(H2,17,18,19,21)/p+1. The third-order valence-electron chi connectivity index (χ3n) is 3.91. The van der Waals surface area contributed by atoms with E-state index in [0.717, 1.165) is 32.5 Å². The number of rotatable bonds is 4. The maximum absolute atomic E-state index is 11.1. The molecule has 1 fully saturated rings. The van der Waals surface area contributed by atoms with Gasteiger partial charge in [0.05, 0.1) is 19.3 Å². The fourth-order valence-corrected chi connectivity index (χ4v) is 2.82. The molecule has 1 aliphatic rings. The van der Waals surface area contributed by atoms with Crippen molar-refractivity contribution in [1.29, 1.82) is 0 Å². The maximum Gasteiger partial charge on any atom is 0.363 e. The van der Waals surface area contributed by atoms with Crippen molar-refractivity contribution in [2.75, 3.05) is 18.4 Å². The highest BCUT2D eigenvalue weighted by Gasteiger charge is 2.22. The van der Waals surface area contributed by atoms with Crippen LogP contribution in [0, 0.1) is 0 Å². The van der Waals surface area contributed by atoms with Crippen molar-refractivity contribution in [3.63, 3.8) is 0 Å². The SMILES string of the molecule is O=c1nc(NC2CC[NH+](Cc3ccccc3)CC2)cn[nH]1. The molecule has 3 rings (SSSR count). The van der Waals surface area contributed by atoms with E-state index in [4.69, 9.17) is 0 Å². The first-order valence-electron chi connectivity index (χ1n) is 7.35. The molecule has 6 heteroatoms. The molecular weight excluding hydrogens is 266 g/mol. The Morgan fingerprint density at radius 2 is 2.00 bits per heavy atom. The van der Waals surface area contributed by atoms with Gasteiger partial charge in [-0.3, -0.25) is 0 Å². The summed E-state index contributed by atoms with van der Waals surface area (Å²) in [6, 6.07) is 11.0. The highest BCUT2D eigenvalue weighted by atomic mass is 16.1. The van der Waals surface area contributed by atoms with Gasteiger partial charge in [-0.25, -0.2) is 9.89 Å². The molecule has 0 radical (unpaired) electrons. The van der Waals surface area contributed by atoms with Gasteiger partial charge < -0.3 is 10.2 Å². The second kappa shape index (κ2) is 6.49. The molecule has 3 N–H and O–H groups in total. The third kappa shape index (κ3) is 3.88. The lowest BCUT2D eigenvalue weighted by molar-refractivity contribution is -0.918. The smallest absolute Gasteiger partial charge is 0.363 e. The van der Waals surface area contributed by atoms with E-state index < -0.39 is 5.69 Å². The summed E-state index contributed by atoms with van der Waals surface area (Å²) in [5.74, 6) is 0.565. The summed E-state index contributed by atoms with van der Waals surface area (Å²) in [5, 5.41) is 9.33. The average Bonchev–Trinajstić information content (AvgIpc) is 2.50. The number of hydrogen-bond acceptors (Lipinski definition) is 4. The number of anilines is 1. The fraction of sp³-hybridized carbons (Fsp3) is 0.400. The number of likely N-dealkylation sites (tertiary alicyclic amines) is 1. The molecule has 0 atom stereocenters. The zero-order valence-corrected chi connectivity index (χ0v) is 11.9. The number of nitrogens with one attached hydrogen (secondary N) is 3. The van der Waals surface area contributed by atoms with Crippen LogP contribution in [0.1, 0.15) is 18.4 Å². The Labute approximate surface area is 123 Å². The monoisotopic (exact) mass is 286 g/mol. The van der Waals surface area contributed by atoms with E-state index in [0.29, 0.717) is 11.9 Å². The van der Waals surface area contributed by atoms with Gasteiger partial charge in [-0.1, -0.05) is 30.3 Å². The van der Waals surface area contributed by atoms with Gasteiger partial charge in [0.2, 0.25) is 0 Å². The number of aromatic nitrogens is 3.